The van der Waals surface area contributed by atoms with Gasteiger partial charge in [0.25, 0.3) is 21.7 Å². The van der Waals surface area contributed by atoms with Crippen LogP contribution < -0.4 is 24.2 Å². The molecule has 2 amide bonds. The lowest BCUT2D eigenvalue weighted by atomic mass is 9.99. The fourth-order valence-electron chi connectivity index (χ4n) is 7.48. The summed E-state index contributed by atoms with van der Waals surface area (Å²) in [7, 11) is 8.28. The molecule has 0 radical (unpaired) electrons. The van der Waals surface area contributed by atoms with Gasteiger partial charge in [-0.05, 0) is 99.7 Å². The summed E-state index contributed by atoms with van der Waals surface area (Å²) in [6, 6.07) is 38.7. The Kier molecular flexibility index (Phi) is 19.4. The lowest BCUT2D eigenvalue weighted by Gasteiger charge is -2.20. The third-order valence-corrected chi connectivity index (χ3v) is 13.5. The monoisotopic (exact) mass is 1100 g/mol. The van der Waals surface area contributed by atoms with Crippen molar-refractivity contribution in [1.29, 1.82) is 0 Å². The molecule has 0 aliphatic carbocycles. The molecule has 4 aromatic heterocycles. The molecule has 0 spiro atoms. The van der Waals surface area contributed by atoms with Crippen molar-refractivity contribution >= 4 is 49.4 Å². The van der Waals surface area contributed by atoms with Crippen LogP contribution in [-0.2, 0) is 44.6 Å². The van der Waals surface area contributed by atoms with Gasteiger partial charge >= 0.3 is 11.8 Å². The van der Waals surface area contributed by atoms with Crippen LogP contribution in [0.25, 0.3) is 48.3 Å². The molecule has 0 saturated carbocycles. The highest BCUT2D eigenvalue weighted by Gasteiger charge is 2.26. The Morgan fingerprint density at radius 2 is 0.934 bits per heavy atom. The Bertz CT molecular complexity index is 3490. The molecule has 76 heavy (non-hydrogen) atoms. The molecule has 0 aliphatic heterocycles. The average molecular weight is 1100 g/mol. The smallest absolute Gasteiger partial charge is 0.329 e. The number of urea groups is 1. The highest BCUT2D eigenvalue weighted by atomic mass is 79.9. The van der Waals surface area contributed by atoms with Crippen LogP contribution in [0.1, 0.15) is 17.3 Å². The van der Waals surface area contributed by atoms with Crippen LogP contribution in [0.5, 0.6) is 17.2 Å². The van der Waals surface area contributed by atoms with Crippen LogP contribution in [0.4, 0.5) is 22.2 Å². The Morgan fingerprint density at radius 1 is 0.553 bits per heavy atom. The quantitative estimate of drug-likeness (QED) is 0.111. The van der Waals surface area contributed by atoms with Gasteiger partial charge in [0.1, 0.15) is 21.9 Å². The van der Waals surface area contributed by atoms with Crippen molar-refractivity contribution in [2.75, 3.05) is 21.3 Å². The number of aromatic nitrogens is 8. The van der Waals surface area contributed by atoms with Crippen molar-refractivity contribution in [2.24, 2.45) is 28.2 Å². The van der Waals surface area contributed by atoms with Crippen LogP contribution in [0.2, 0.25) is 0 Å². The van der Waals surface area contributed by atoms with Crippen LogP contribution in [0.15, 0.2) is 168 Å². The highest BCUT2D eigenvalue weighted by Crippen LogP contribution is 2.33. The first-order chi connectivity index (χ1) is 36.6. The summed E-state index contributed by atoms with van der Waals surface area (Å²) in [6.07, 6.45) is 6.98. The molecule has 9 aromatic rings. The van der Waals surface area contributed by atoms with Crippen LogP contribution >= 0.6 is 15.9 Å². The van der Waals surface area contributed by atoms with Gasteiger partial charge in [0, 0.05) is 33.8 Å². The number of hydrogen-bond donors (Lipinski definition) is 2. The van der Waals surface area contributed by atoms with Gasteiger partial charge in [-0.25, -0.2) is 22.9 Å². The maximum atomic E-state index is 12.9. The molecule has 0 bridgehead atoms. The van der Waals surface area contributed by atoms with Gasteiger partial charge < -0.3 is 52.3 Å². The van der Waals surface area contributed by atoms with E-state index in [-0.39, 0.29) is 4.90 Å². The highest BCUT2D eigenvalue weighted by molar-refractivity contribution is 9.10. The zero-order valence-electron chi connectivity index (χ0n) is 42.5. The van der Waals surface area contributed by atoms with E-state index in [4.69, 9.17) is 33.9 Å². The standard InChI is InChI=1S/C26H26N4O4S.2C12H11N3O.C5H4BrN3/c1-30-18-27-24(25(30)20-13-15-21(34-2)16-14-20)23(17-19-9-5-3-6-10-19)28-26(31)29-35(32,33)22-11-7-4-8-12-22;2*1-13-12-11(15(2)8-14-12)9-4-6-10(16-3)7-5-9;1-7-5-4(6)9(2)3-8-5/h3-16,18,23H,17H2,1-2H3,(H2,28,29,31);2*4-8H,2-3H3;3H,2H3. The third kappa shape index (κ3) is 14.2. The second kappa shape index (κ2) is 26.5. The van der Waals surface area contributed by atoms with Gasteiger partial charge in [-0.1, -0.05) is 92.5 Å². The average Bonchev–Trinajstić information content (AvgIpc) is 4.23. The molecular weight excluding hydrogens is 1050 g/mol. The summed E-state index contributed by atoms with van der Waals surface area (Å²) < 4.78 is 50.9. The minimum Gasteiger partial charge on any atom is -0.497 e. The molecule has 21 heteroatoms. The number of amides is 2. The maximum absolute atomic E-state index is 12.9. The lowest BCUT2D eigenvalue weighted by molar-refractivity contribution is 0.242. The summed E-state index contributed by atoms with van der Waals surface area (Å²) in [6.45, 7) is 20.7. The van der Waals surface area contributed by atoms with Crippen LogP contribution in [0.3, 0.4) is 0 Å². The van der Waals surface area contributed by atoms with Crippen LogP contribution in [0, 0.1) is 19.7 Å². The number of imidazole rings is 4. The van der Waals surface area contributed by atoms with E-state index in [1.165, 1.54) is 12.1 Å². The number of carbonyl (C=O) groups is 1. The number of aryl methyl sites for hydroxylation is 4. The SMILES string of the molecule is COc1ccc(-c2c(C(Cc3ccccc3)NC(=O)NS(=O)(=O)c3ccccc3)ncn2C)cc1.[C-]#[N+]c1ncn(C)c1-c1ccc(OC)cc1.[C-]#[N+]c1ncn(C)c1-c1ccc(OC)cc1.[C-]#[N+]c1ncn(C)c1Br. The molecule has 2 N–H and O–H groups in total. The summed E-state index contributed by atoms with van der Waals surface area (Å²) in [4.78, 5) is 39.3. The Morgan fingerprint density at radius 3 is 1.33 bits per heavy atom. The first-order valence-electron chi connectivity index (χ1n) is 22.8. The number of ether oxygens (including phenoxy) is 3. The number of sulfonamides is 1. The largest absolute Gasteiger partial charge is 0.497 e. The molecule has 1 atom stereocenters. The molecule has 0 fully saturated rings. The fourth-order valence-corrected chi connectivity index (χ4v) is 8.70. The topological polar surface area (TPSA) is 187 Å². The second-order valence-electron chi connectivity index (χ2n) is 16.3. The minimum absolute atomic E-state index is 0.00603. The summed E-state index contributed by atoms with van der Waals surface area (Å²) in [5.74, 6) is 3.59. The number of benzene rings is 5. The molecule has 386 valence electrons. The van der Waals surface area contributed by atoms with E-state index in [9.17, 15) is 13.2 Å². The number of hydrogen-bond acceptors (Lipinski definition) is 10. The van der Waals surface area contributed by atoms with E-state index >= 15 is 0 Å². The van der Waals surface area contributed by atoms with E-state index in [1.54, 1.807) is 69.4 Å². The number of methoxy groups -OCH3 is 3. The fraction of sp³-hybridized carbons (Fsp3) is 0.164. The van der Waals surface area contributed by atoms with Crippen molar-refractivity contribution in [3.63, 3.8) is 0 Å². The molecule has 0 aliphatic rings. The van der Waals surface area contributed by atoms with Gasteiger partial charge in [-0.2, -0.15) is 0 Å². The molecule has 19 nitrogen and oxygen atoms in total. The number of nitrogens with one attached hydrogen (secondary N) is 2. The van der Waals surface area contributed by atoms with Gasteiger partial charge in [0.05, 0.1) is 61.4 Å². The number of nitrogens with zero attached hydrogens (tertiary/aromatic N) is 11. The lowest BCUT2D eigenvalue weighted by Crippen LogP contribution is -2.42. The van der Waals surface area contributed by atoms with E-state index < -0.39 is 22.1 Å². The first kappa shape index (κ1) is 55.8. The van der Waals surface area contributed by atoms with Gasteiger partial charge in [-0.15, -0.1) is 15.0 Å². The second-order valence-corrected chi connectivity index (χ2v) is 18.7. The van der Waals surface area contributed by atoms with Crippen LogP contribution in [-0.4, -0.2) is 74.0 Å². The Hall–Kier alpha value is -9.49. The summed E-state index contributed by atoms with van der Waals surface area (Å²) in [5.41, 5.74) is 6.87. The normalized spacial score (nSPS) is 10.8. The predicted molar refractivity (Wildman–Crippen MR) is 293 cm³/mol. The number of rotatable bonds is 12. The number of carbonyl (C=O) groups excluding carboxylic acids is 1. The molecule has 9 rings (SSSR count). The molecular formula is C55H52BrN13O6S. The molecule has 5 aromatic carbocycles. The first-order valence-corrected chi connectivity index (χ1v) is 25.1. The van der Waals surface area contributed by atoms with E-state index in [1.807, 2.05) is 145 Å². The van der Waals surface area contributed by atoms with Crippen molar-refractivity contribution in [1.82, 2.24) is 48.2 Å². The Labute approximate surface area is 449 Å². The number of halogens is 1. The van der Waals surface area contributed by atoms with Gasteiger partial charge in [0.2, 0.25) is 0 Å². The molecule has 1 unspecified atom stereocenters. The maximum Gasteiger partial charge on any atom is 0.329 e. The van der Waals surface area contributed by atoms with Crippen molar-refractivity contribution in [3.8, 4) is 51.0 Å². The predicted octanol–water partition coefficient (Wildman–Crippen LogP) is 11.1. The summed E-state index contributed by atoms with van der Waals surface area (Å²) >= 11 is 3.20. The zero-order chi connectivity index (χ0) is 54.8. The molecule has 4 heterocycles. The van der Waals surface area contributed by atoms with E-state index in [0.717, 1.165) is 61.2 Å². The minimum atomic E-state index is -4.03. The van der Waals surface area contributed by atoms with Crippen molar-refractivity contribution in [2.45, 2.75) is 17.4 Å². The van der Waals surface area contributed by atoms with E-state index in [0.29, 0.717) is 29.6 Å². The Balaban J connectivity index is 0.000000188. The zero-order valence-corrected chi connectivity index (χ0v) is 44.9. The van der Waals surface area contributed by atoms with Crippen molar-refractivity contribution in [3.05, 3.63) is 209 Å². The summed E-state index contributed by atoms with van der Waals surface area (Å²) in [5, 5.41) is 2.82. The van der Waals surface area contributed by atoms with E-state index in [2.05, 4.69) is 60.4 Å². The van der Waals surface area contributed by atoms with Gasteiger partial charge in [0.15, 0.2) is 19.0 Å². The molecule has 0 saturated heterocycles. The van der Waals surface area contributed by atoms with Gasteiger partial charge in [-0.3, -0.25) is 0 Å². The third-order valence-electron chi connectivity index (χ3n) is 11.3. The van der Waals surface area contributed by atoms with Crippen molar-refractivity contribution < 1.29 is 27.4 Å².